The van der Waals surface area contributed by atoms with Gasteiger partial charge in [-0.2, -0.15) is 13.1 Å². The number of aromatic carboxylic acids is 1. The summed E-state index contributed by atoms with van der Waals surface area (Å²) in [5, 5.41) is 31.8. The van der Waals surface area contributed by atoms with Gasteiger partial charge in [-0.25, -0.2) is 39.3 Å². The minimum atomic E-state index is -3.99. The van der Waals surface area contributed by atoms with Crippen LogP contribution in [0.2, 0.25) is 0 Å². The van der Waals surface area contributed by atoms with E-state index in [1.165, 1.54) is 0 Å². The number of aryl methyl sites for hydroxylation is 8. The number of carboxylic acid groups (broad SMARTS) is 2. The molecule has 0 bridgehead atoms. The van der Waals surface area contributed by atoms with Crippen molar-refractivity contribution in [3.05, 3.63) is 363 Å². The van der Waals surface area contributed by atoms with Crippen LogP contribution in [0.4, 0.5) is 29.1 Å². The zero-order valence-electron chi connectivity index (χ0n) is 79.7. The fraction of sp³-hybridized carbons (Fsp3) is 0.224. The predicted octanol–water partition coefficient (Wildman–Crippen LogP) is 13.5. The summed E-state index contributed by atoms with van der Waals surface area (Å²) >= 11 is 6.25. The van der Waals surface area contributed by atoms with Crippen LogP contribution in [-0.4, -0.2) is 155 Å². The molecule has 5 aromatic heterocycles. The third kappa shape index (κ3) is 48.2. The highest BCUT2D eigenvalue weighted by molar-refractivity contribution is 14.1. The number of amides is 2. The van der Waals surface area contributed by atoms with Crippen molar-refractivity contribution >= 4 is 179 Å². The van der Waals surface area contributed by atoms with E-state index in [1.54, 1.807) is 166 Å². The number of hydrogen-bond donors (Lipinski definition) is 13. The van der Waals surface area contributed by atoms with E-state index in [0.717, 1.165) is 120 Å². The number of anilines is 5. The minimum Gasteiger partial charge on any atom is -0.480 e. The number of nitrogen functional groups attached to an aromatic ring is 5. The number of ether oxygens (including phenoxy) is 4. The van der Waals surface area contributed by atoms with Crippen molar-refractivity contribution in [2.75, 3.05) is 74.7 Å². The lowest BCUT2D eigenvalue weighted by Crippen LogP contribution is -2.46. The number of pyridine rings is 5. The molecule has 2 amide bonds. The summed E-state index contributed by atoms with van der Waals surface area (Å²) in [7, 11) is -3.99. The highest BCUT2D eigenvalue weighted by Crippen LogP contribution is 2.18. The number of nitrogens with two attached hydrogens (primary N) is 6. The zero-order valence-corrected chi connectivity index (χ0v) is 88.7. The van der Waals surface area contributed by atoms with E-state index in [0.29, 0.717) is 88.9 Å². The third-order valence-electron chi connectivity index (χ3n) is 19.9. The van der Waals surface area contributed by atoms with Crippen LogP contribution in [0.5, 0.6) is 0 Å². The summed E-state index contributed by atoms with van der Waals surface area (Å²) in [6.07, 6.45) is 6.39. The van der Waals surface area contributed by atoms with Crippen molar-refractivity contribution in [3.63, 3.8) is 0 Å². The molecule has 5 heterocycles. The van der Waals surface area contributed by atoms with E-state index in [2.05, 4.69) is 136 Å². The number of nitrogens with zero attached hydrogens (tertiary/aromatic N) is 5. The summed E-state index contributed by atoms with van der Waals surface area (Å²) in [5.74, 6) is 13.2. The Kier molecular flexibility index (Phi) is 56.4. The lowest BCUT2D eigenvalue weighted by molar-refractivity contribution is -0.146. The minimum absolute atomic E-state index is 0. The Balaban J connectivity index is 0.000000311. The molecule has 19 N–H and O–H groups in total. The molecule has 0 fully saturated rings. The monoisotopic (exact) mass is 2360 g/mol. The number of aromatic nitrogens is 5. The molecule has 32 nitrogen and oxygen atoms in total. The number of halogens is 5. The lowest BCUT2D eigenvalue weighted by atomic mass is 10.1. The summed E-state index contributed by atoms with van der Waals surface area (Å²) in [6, 6.07) is 76.8. The maximum atomic E-state index is 12.7. The SMILES string of the molecule is CCOC(=O)[C@H](CN)NS(=O)(=O)C#CC#CC#CI.CCOC(=O)[C@H](CNC(=O)c1ccc(CCc2cccc(N)n2)cc1)NCc1ccc(I)cc1.CCOC(=O)c1ccc(C#Cc2cccc(N)n2)cc1.CCOC(=O)c1ccc(CCc2cccc(N)n2)cc1.Cl.Cl.Nc1cccc(CCc2ccc(C(=O)NC[C@H](NCc3ccc(I)cc3)C(=O)O)cc2)n1.Nc1cccc(CCc2ccc(C(=O)O)cc2)n1. The Bertz CT molecular complexity index is 6570. The molecule has 0 radical (unpaired) electrons. The first-order chi connectivity index (χ1) is 68.8. The van der Waals surface area contributed by atoms with Crippen molar-refractivity contribution in [2.24, 2.45) is 5.73 Å². The molecule has 145 heavy (non-hydrogen) atoms. The Morgan fingerprint density at radius 1 is 0.372 bits per heavy atom. The summed E-state index contributed by atoms with van der Waals surface area (Å²) in [5.41, 5.74) is 47.6. The molecule has 0 spiro atoms. The molecule has 3 atom stereocenters. The van der Waals surface area contributed by atoms with Gasteiger partial charge < -0.3 is 74.2 Å². The van der Waals surface area contributed by atoms with Crippen molar-refractivity contribution in [1.82, 2.24) is 50.9 Å². The van der Waals surface area contributed by atoms with Gasteiger partial charge in [0.05, 0.1) is 48.4 Å². The number of esters is 4. The first-order valence-electron chi connectivity index (χ1n) is 44.9. The standard InChI is InChI=1S/C26H29IN4O3.C24H25IN4O3.C16H18N2O2.C16H14N2O2.C14H14N2O2.C11H11IN2O4S.2ClH/c1-2-34-26(33)23(29-16-19-8-13-21(27)14-9-19)17-30-25(32)20-11-6-18(7-12-20)10-15-22-4-3-5-24(28)31-22;25-19-11-6-17(7-12-19)14-27-21(24(31)32)15-28-23(30)18-9-4-16(5-10-18)8-13-20-2-1-3-22(26)29-20;2*1-2-20-16(19)13-9-6-12(7-10-13)8-11-14-4-3-5-15(17)18-14;15-13-3-1-2-12(16-13)9-6-10-4-7-11(8-5-10)14(17)18;1-2-18-11(15)10(9-13)14-19(16,17)8-6-4-3-5-7-12;;/h3-9,11-14,23,29H,2,10,15-17H2,1H3,(H2,28,31)(H,30,32);1-7,9-12,21,27H,8,13-15H2,(H2,26,29)(H,28,30)(H,31,32);3-7,9-10H,2,8,11H2,1H3,(H2,17,18);3-7,9-10H,2H2,1H3,(H2,17,18);1-5,7-8H,6,9H2,(H2,15,16)(H,17,18);10,14H,2,9,13H2,1H3;2*1H/t23-;21-;;;;10-;;/m00...0../s1. The molecule has 0 unspecified atom stereocenters. The van der Waals surface area contributed by atoms with Crippen LogP contribution in [0.3, 0.4) is 0 Å². The predicted molar refractivity (Wildman–Crippen MR) is 592 cm³/mol. The molecule has 0 aliphatic carbocycles. The fourth-order valence-corrected chi connectivity index (χ4v) is 14.2. The van der Waals surface area contributed by atoms with Gasteiger partial charge in [0.2, 0.25) is 0 Å². The van der Waals surface area contributed by atoms with Crippen LogP contribution in [0, 0.1) is 51.8 Å². The highest BCUT2D eigenvalue weighted by atomic mass is 127. The molecule has 12 rings (SSSR count). The molecule has 0 saturated heterocycles. The van der Waals surface area contributed by atoms with E-state index >= 15 is 0 Å². The van der Waals surface area contributed by atoms with Gasteiger partial charge in [-0.05, 0) is 337 Å². The Morgan fingerprint density at radius 2 is 0.697 bits per heavy atom. The van der Waals surface area contributed by atoms with Gasteiger partial charge >= 0.3 is 35.8 Å². The average Bonchev–Trinajstić information content (AvgIpc) is 0.883. The second-order valence-corrected chi connectivity index (χ2v) is 35.0. The molecular formula is C107H113Cl2I3N16O16S. The van der Waals surface area contributed by atoms with E-state index in [-0.39, 0.29) is 87.4 Å². The summed E-state index contributed by atoms with van der Waals surface area (Å²) < 4.78 is 49.4. The van der Waals surface area contributed by atoms with Crippen molar-refractivity contribution in [3.8, 4) is 44.7 Å². The van der Waals surface area contributed by atoms with Gasteiger partial charge in [-0.15, -0.1) is 24.8 Å². The van der Waals surface area contributed by atoms with Crippen LogP contribution in [0.15, 0.2) is 261 Å². The Hall–Kier alpha value is -14.2. The van der Waals surface area contributed by atoms with Crippen molar-refractivity contribution in [1.29, 1.82) is 0 Å². The van der Waals surface area contributed by atoms with Gasteiger partial charge in [0, 0.05) is 114 Å². The first-order valence-corrected chi connectivity index (χ1v) is 49.6. The smallest absolute Gasteiger partial charge is 0.338 e. The largest absolute Gasteiger partial charge is 0.480 e. The van der Waals surface area contributed by atoms with Crippen LogP contribution in [0.1, 0.15) is 147 Å². The van der Waals surface area contributed by atoms with E-state index in [4.69, 9.17) is 53.7 Å². The van der Waals surface area contributed by atoms with Crippen LogP contribution < -0.4 is 60.4 Å². The Labute approximate surface area is 897 Å². The van der Waals surface area contributed by atoms with Crippen LogP contribution >= 0.6 is 92.6 Å². The lowest BCUT2D eigenvalue weighted by Gasteiger charge is -2.18. The maximum absolute atomic E-state index is 12.7. The number of aliphatic carboxylic acids is 1. The quantitative estimate of drug-likeness (QED) is 0.00744. The molecule has 38 heteroatoms. The number of rotatable bonds is 37. The fourth-order valence-electron chi connectivity index (χ4n) is 12.5. The molecule has 0 aliphatic heterocycles. The van der Waals surface area contributed by atoms with E-state index < -0.39 is 46.1 Å². The molecule has 758 valence electrons. The van der Waals surface area contributed by atoms with Crippen LogP contribution in [-0.2, 0) is 108 Å². The van der Waals surface area contributed by atoms with Gasteiger partial charge in [0.15, 0.2) is 0 Å². The molecular weight excluding hydrogens is 2250 g/mol. The number of carbonyl (C=O) groups excluding carboxylic acids is 6. The molecule has 7 aromatic carbocycles. The molecule has 12 aromatic rings. The number of sulfonamides is 1. The topological polar surface area (TPSA) is 529 Å². The Morgan fingerprint density at radius 3 is 1.04 bits per heavy atom. The van der Waals surface area contributed by atoms with Gasteiger partial charge in [0.25, 0.3) is 21.8 Å². The second kappa shape index (κ2) is 67.4. The van der Waals surface area contributed by atoms with Crippen LogP contribution in [0.25, 0.3) is 0 Å². The average molecular weight is 2360 g/mol. The number of benzene rings is 7. The number of nitrogens with one attached hydrogen (secondary N) is 5. The number of carboxylic acids is 2. The van der Waals surface area contributed by atoms with Gasteiger partial charge in [-0.3, -0.25) is 34.6 Å². The molecule has 0 aliphatic rings. The third-order valence-corrected chi connectivity index (χ3v) is 22.5. The van der Waals surface area contributed by atoms with E-state index in [1.807, 2.05) is 156 Å². The zero-order chi connectivity index (χ0) is 104. The van der Waals surface area contributed by atoms with Gasteiger partial charge in [-0.1, -0.05) is 109 Å². The second-order valence-electron chi connectivity index (χ2n) is 30.5. The number of carbonyl (C=O) groups is 8. The molecule has 0 saturated carbocycles. The number of hydrogen-bond acceptors (Lipinski definition) is 27. The van der Waals surface area contributed by atoms with Crippen molar-refractivity contribution in [2.45, 2.75) is 110 Å². The first kappa shape index (κ1) is 121. The summed E-state index contributed by atoms with van der Waals surface area (Å²) in [4.78, 5) is 115. The van der Waals surface area contributed by atoms with Crippen molar-refractivity contribution < 1.29 is 75.9 Å². The summed E-state index contributed by atoms with van der Waals surface area (Å²) in [6.45, 7) is 8.88. The normalized spacial score (nSPS) is 10.7. The van der Waals surface area contributed by atoms with E-state index in [9.17, 15) is 51.9 Å². The highest BCUT2D eigenvalue weighted by Gasteiger charge is 2.25. The van der Waals surface area contributed by atoms with Gasteiger partial charge in [0.1, 0.15) is 52.9 Å². The maximum Gasteiger partial charge on any atom is 0.338 e.